The highest BCUT2D eigenvalue weighted by Crippen LogP contribution is 2.12. The molecule has 0 radical (unpaired) electrons. The van der Waals surface area contributed by atoms with Gasteiger partial charge in [-0.2, -0.15) is 0 Å². The Balaban J connectivity index is 3.40. The summed E-state index contributed by atoms with van der Waals surface area (Å²) in [6.07, 6.45) is 0.749. The van der Waals surface area contributed by atoms with Crippen molar-refractivity contribution in [3.63, 3.8) is 0 Å². The molecule has 0 aromatic carbocycles. The van der Waals surface area contributed by atoms with Gasteiger partial charge in [0.2, 0.25) is 0 Å². The maximum atomic E-state index is 10.8. The van der Waals surface area contributed by atoms with E-state index >= 15 is 0 Å². The number of ether oxygens (including phenoxy) is 1. The highest BCUT2D eigenvalue weighted by Gasteiger charge is 2.03. The van der Waals surface area contributed by atoms with Gasteiger partial charge in [0, 0.05) is 12.0 Å². The molecule has 0 N–H and O–H groups in total. The molecule has 11 heavy (non-hydrogen) atoms. The summed E-state index contributed by atoms with van der Waals surface area (Å²) in [6.45, 7) is 5.49. The number of hydrogen-bond acceptors (Lipinski definition) is 2. The monoisotopic (exact) mass is 284 g/mol. The van der Waals surface area contributed by atoms with Crippen LogP contribution in [0.25, 0.3) is 0 Å². The molecule has 4 heteroatoms. The lowest BCUT2D eigenvalue weighted by molar-refractivity contribution is -0.138. The van der Waals surface area contributed by atoms with E-state index in [-0.39, 0.29) is 9.71 Å². The van der Waals surface area contributed by atoms with Crippen molar-refractivity contribution in [1.82, 2.24) is 0 Å². The Kier molecular flexibility index (Phi) is 5.86. The summed E-state index contributed by atoms with van der Waals surface area (Å²) < 4.78 is 5.02. The molecule has 0 amide bonds. The largest absolute Gasteiger partial charge is 0.462 e. The van der Waals surface area contributed by atoms with E-state index in [0.717, 1.165) is 6.42 Å². The van der Waals surface area contributed by atoms with Crippen LogP contribution < -0.4 is 0 Å². The van der Waals surface area contributed by atoms with Gasteiger partial charge in [0.05, 0.1) is 10.3 Å². The van der Waals surface area contributed by atoms with Gasteiger partial charge >= 0.3 is 5.97 Å². The highest BCUT2D eigenvalue weighted by atomic mass is 79.9. The zero-order chi connectivity index (χ0) is 8.85. The number of carbonyl (C=O) groups is 1. The lowest BCUT2D eigenvalue weighted by Crippen LogP contribution is -2.07. The smallest absolute Gasteiger partial charge is 0.333 e. The number of alkyl halides is 2. The fourth-order valence-electron chi connectivity index (χ4n) is 0.364. The molecule has 64 valence electrons. The minimum atomic E-state index is -0.328. The molecule has 0 bridgehead atoms. The maximum absolute atomic E-state index is 10.8. The molecule has 0 aromatic heterocycles. The summed E-state index contributed by atoms with van der Waals surface area (Å²) in [5.41, 5.74) is 0.436. The SMILES string of the molecule is C=C(C)C(=O)OCCC(Br)Br. The predicted octanol–water partition coefficient (Wildman–Crippen LogP) is 2.61. The molecular formula is C7H10Br2O2. The fourth-order valence-corrected chi connectivity index (χ4v) is 0.738. The van der Waals surface area contributed by atoms with Crippen LogP contribution in [0.15, 0.2) is 12.2 Å². The molecule has 0 aliphatic heterocycles. The van der Waals surface area contributed by atoms with Crippen LogP contribution in [0.3, 0.4) is 0 Å². The topological polar surface area (TPSA) is 26.3 Å². The zero-order valence-corrected chi connectivity index (χ0v) is 9.44. The van der Waals surface area contributed by atoms with Crippen molar-refractivity contribution in [3.05, 3.63) is 12.2 Å². The zero-order valence-electron chi connectivity index (χ0n) is 6.27. The number of esters is 1. The highest BCUT2D eigenvalue weighted by molar-refractivity contribution is 9.24. The predicted molar refractivity (Wildman–Crippen MR) is 52.0 cm³/mol. The minimum Gasteiger partial charge on any atom is -0.462 e. The summed E-state index contributed by atoms with van der Waals surface area (Å²) in [7, 11) is 0. The molecule has 0 aliphatic carbocycles. The standard InChI is InChI=1S/C7H10Br2O2/c1-5(2)7(10)11-4-3-6(8)9/h6H,1,3-4H2,2H3. The molecule has 0 aromatic rings. The van der Waals surface area contributed by atoms with E-state index in [1.165, 1.54) is 0 Å². The Hall–Kier alpha value is 0.170. The van der Waals surface area contributed by atoms with Crippen molar-refractivity contribution in [2.45, 2.75) is 17.1 Å². The van der Waals surface area contributed by atoms with E-state index in [1.807, 2.05) is 0 Å². The normalized spacial score (nSPS) is 9.82. The first-order valence-electron chi connectivity index (χ1n) is 3.15. The van der Waals surface area contributed by atoms with Crippen LogP contribution in [0.4, 0.5) is 0 Å². The summed E-state index contributed by atoms with van der Waals surface area (Å²) in [6, 6.07) is 0. The van der Waals surface area contributed by atoms with Gasteiger partial charge in [-0.1, -0.05) is 38.4 Å². The van der Waals surface area contributed by atoms with Crippen molar-refractivity contribution in [3.8, 4) is 0 Å². The average Bonchev–Trinajstić information content (AvgIpc) is 1.86. The Morgan fingerprint density at radius 2 is 2.18 bits per heavy atom. The van der Waals surface area contributed by atoms with Crippen molar-refractivity contribution < 1.29 is 9.53 Å². The molecule has 0 spiro atoms. The van der Waals surface area contributed by atoms with E-state index in [9.17, 15) is 4.79 Å². The Bertz CT molecular complexity index is 155. The van der Waals surface area contributed by atoms with E-state index in [2.05, 4.69) is 38.4 Å². The summed E-state index contributed by atoms with van der Waals surface area (Å²) >= 11 is 6.53. The van der Waals surface area contributed by atoms with Crippen LogP contribution in [-0.2, 0) is 9.53 Å². The molecule has 2 nitrogen and oxygen atoms in total. The second-order valence-corrected chi connectivity index (χ2v) is 5.54. The molecule has 0 saturated carbocycles. The second-order valence-electron chi connectivity index (χ2n) is 2.10. The van der Waals surface area contributed by atoms with Crippen molar-refractivity contribution in [2.24, 2.45) is 0 Å². The van der Waals surface area contributed by atoms with Gasteiger partial charge in [-0.25, -0.2) is 4.79 Å². The van der Waals surface area contributed by atoms with Crippen LogP contribution in [0, 0.1) is 0 Å². The van der Waals surface area contributed by atoms with Gasteiger partial charge in [0.15, 0.2) is 0 Å². The van der Waals surface area contributed by atoms with Crippen LogP contribution >= 0.6 is 31.9 Å². The first-order chi connectivity index (χ1) is 5.04. The van der Waals surface area contributed by atoms with Gasteiger partial charge in [-0.3, -0.25) is 0 Å². The fraction of sp³-hybridized carbons (Fsp3) is 0.571. The first kappa shape index (κ1) is 11.2. The maximum Gasteiger partial charge on any atom is 0.333 e. The molecule has 0 saturated heterocycles. The van der Waals surface area contributed by atoms with E-state index in [4.69, 9.17) is 4.74 Å². The third kappa shape index (κ3) is 6.56. The quantitative estimate of drug-likeness (QED) is 0.451. The lowest BCUT2D eigenvalue weighted by Gasteiger charge is -2.03. The Morgan fingerprint density at radius 1 is 1.64 bits per heavy atom. The number of halogens is 2. The van der Waals surface area contributed by atoms with E-state index in [1.54, 1.807) is 6.92 Å². The van der Waals surface area contributed by atoms with Gasteiger partial charge in [0.1, 0.15) is 0 Å². The molecule has 0 unspecified atom stereocenters. The van der Waals surface area contributed by atoms with E-state index < -0.39 is 0 Å². The Morgan fingerprint density at radius 3 is 2.55 bits per heavy atom. The molecule has 0 rings (SSSR count). The number of rotatable bonds is 4. The molecular weight excluding hydrogens is 276 g/mol. The van der Waals surface area contributed by atoms with Crippen LogP contribution in [-0.4, -0.2) is 16.3 Å². The Labute approximate surface area is 83.2 Å². The third-order valence-corrected chi connectivity index (χ3v) is 1.83. The van der Waals surface area contributed by atoms with E-state index in [0.29, 0.717) is 12.2 Å². The summed E-state index contributed by atoms with van der Waals surface area (Å²) in [5.74, 6) is -0.328. The third-order valence-electron chi connectivity index (χ3n) is 0.918. The average molecular weight is 286 g/mol. The summed E-state index contributed by atoms with van der Waals surface area (Å²) in [5, 5.41) is 0. The molecule has 0 fully saturated rings. The number of carbonyl (C=O) groups excluding carboxylic acids is 1. The van der Waals surface area contributed by atoms with Gasteiger partial charge in [0.25, 0.3) is 0 Å². The van der Waals surface area contributed by atoms with Crippen LogP contribution in [0.2, 0.25) is 0 Å². The van der Waals surface area contributed by atoms with Gasteiger partial charge in [-0.15, -0.1) is 0 Å². The van der Waals surface area contributed by atoms with Crippen molar-refractivity contribution in [2.75, 3.05) is 6.61 Å². The van der Waals surface area contributed by atoms with Crippen molar-refractivity contribution >= 4 is 37.8 Å². The summed E-state index contributed by atoms with van der Waals surface area (Å²) in [4.78, 5) is 10.8. The first-order valence-corrected chi connectivity index (χ1v) is 4.98. The molecule has 0 atom stereocenters. The van der Waals surface area contributed by atoms with Crippen LogP contribution in [0.5, 0.6) is 0 Å². The minimum absolute atomic E-state index is 0.202. The van der Waals surface area contributed by atoms with Gasteiger partial charge < -0.3 is 4.74 Å². The molecule has 0 aliphatic rings. The lowest BCUT2D eigenvalue weighted by atomic mass is 10.4. The van der Waals surface area contributed by atoms with Crippen molar-refractivity contribution in [1.29, 1.82) is 0 Å². The molecule has 0 heterocycles. The van der Waals surface area contributed by atoms with Gasteiger partial charge in [-0.05, 0) is 6.92 Å². The number of hydrogen-bond donors (Lipinski definition) is 0. The second kappa shape index (κ2) is 5.77. The van der Waals surface area contributed by atoms with Crippen LogP contribution in [0.1, 0.15) is 13.3 Å².